The van der Waals surface area contributed by atoms with Crippen LogP contribution in [0.3, 0.4) is 0 Å². The molecule has 0 N–H and O–H groups in total. The fraction of sp³-hybridized carbons (Fsp3) is 0.333. The predicted molar refractivity (Wildman–Crippen MR) is 72.2 cm³/mol. The zero-order valence-electron chi connectivity index (χ0n) is 10.4. The summed E-state index contributed by atoms with van der Waals surface area (Å²) in [5, 5.41) is 1.17. The van der Waals surface area contributed by atoms with Crippen molar-refractivity contribution in [2.75, 3.05) is 0 Å². The summed E-state index contributed by atoms with van der Waals surface area (Å²) in [6.45, 7) is 13.7. The van der Waals surface area contributed by atoms with Gasteiger partial charge in [-0.05, 0) is 24.5 Å². The van der Waals surface area contributed by atoms with E-state index >= 15 is 0 Å². The Morgan fingerprint density at radius 3 is 2.56 bits per heavy atom. The third-order valence-electron chi connectivity index (χ3n) is 2.56. The van der Waals surface area contributed by atoms with Gasteiger partial charge in [-0.15, -0.1) is 0 Å². The van der Waals surface area contributed by atoms with Gasteiger partial charge in [0.15, 0.2) is 0 Å². The molecular weight excluding hydrogens is 196 g/mol. The van der Waals surface area contributed by atoms with Crippen molar-refractivity contribution in [2.24, 2.45) is 5.92 Å². The van der Waals surface area contributed by atoms with Crippen molar-refractivity contribution in [1.29, 1.82) is 0 Å². The molecule has 1 aromatic heterocycles. The van der Waals surface area contributed by atoms with Crippen molar-refractivity contribution in [3.8, 4) is 0 Å². The molecule has 1 aromatic rings. The van der Waals surface area contributed by atoms with Crippen LogP contribution in [0, 0.1) is 5.92 Å². The first kappa shape index (κ1) is 12.6. The van der Waals surface area contributed by atoms with Crippen LogP contribution in [0.5, 0.6) is 0 Å². The summed E-state index contributed by atoms with van der Waals surface area (Å²) >= 11 is 0. The van der Waals surface area contributed by atoms with Gasteiger partial charge >= 0.3 is 0 Å². The maximum atomic E-state index is 5.67. The second-order valence-electron chi connectivity index (χ2n) is 3.65. The number of fused-ring (bicyclic) bond motifs is 1. The van der Waals surface area contributed by atoms with Crippen molar-refractivity contribution in [3.63, 3.8) is 0 Å². The molecule has 86 valence electrons. The summed E-state index contributed by atoms with van der Waals surface area (Å²) in [4.78, 5) is 0. The Bertz CT molecular complexity index is 488. The molecular formula is C15H20O. The van der Waals surface area contributed by atoms with Gasteiger partial charge in [0.25, 0.3) is 0 Å². The molecule has 16 heavy (non-hydrogen) atoms. The predicted octanol–water partition coefficient (Wildman–Crippen LogP) is 3.19. The van der Waals surface area contributed by atoms with E-state index in [1.807, 2.05) is 19.9 Å². The van der Waals surface area contributed by atoms with Gasteiger partial charge in [0, 0.05) is 10.8 Å². The van der Waals surface area contributed by atoms with E-state index in [9.17, 15) is 0 Å². The molecule has 1 nitrogen and oxygen atoms in total. The van der Waals surface area contributed by atoms with Crippen LogP contribution in [0.4, 0.5) is 0 Å². The maximum Gasteiger partial charge on any atom is 0.134 e. The first-order chi connectivity index (χ1) is 7.76. The molecule has 1 aliphatic rings. The fourth-order valence-corrected chi connectivity index (χ4v) is 1.82. The van der Waals surface area contributed by atoms with Gasteiger partial charge in [-0.1, -0.05) is 46.1 Å². The zero-order valence-corrected chi connectivity index (χ0v) is 10.4. The van der Waals surface area contributed by atoms with Gasteiger partial charge in [0.2, 0.25) is 0 Å². The van der Waals surface area contributed by atoms with E-state index in [-0.39, 0.29) is 0 Å². The molecule has 0 saturated heterocycles. The molecule has 1 aliphatic carbocycles. The monoisotopic (exact) mass is 216 g/mol. The topological polar surface area (TPSA) is 13.1 Å². The van der Waals surface area contributed by atoms with Crippen molar-refractivity contribution < 1.29 is 4.42 Å². The SMILES string of the molecule is C=Cc1oc2c(c1C=C)=CCC(C)C=2.CC. The molecule has 0 bridgehead atoms. The van der Waals surface area contributed by atoms with Crippen LogP contribution in [0.15, 0.2) is 17.6 Å². The Morgan fingerprint density at radius 1 is 1.31 bits per heavy atom. The third-order valence-corrected chi connectivity index (χ3v) is 2.56. The number of rotatable bonds is 2. The highest BCUT2D eigenvalue weighted by Gasteiger charge is 2.10. The summed E-state index contributed by atoms with van der Waals surface area (Å²) in [5.41, 5.74) is 2.03. The molecule has 0 fully saturated rings. The van der Waals surface area contributed by atoms with Gasteiger partial charge in [-0.3, -0.25) is 0 Å². The first-order valence-corrected chi connectivity index (χ1v) is 5.86. The van der Waals surface area contributed by atoms with E-state index < -0.39 is 0 Å². The van der Waals surface area contributed by atoms with Crippen molar-refractivity contribution in [2.45, 2.75) is 27.2 Å². The molecule has 2 rings (SSSR count). The van der Waals surface area contributed by atoms with Crippen LogP contribution in [-0.4, -0.2) is 0 Å². The van der Waals surface area contributed by atoms with Crippen LogP contribution in [-0.2, 0) is 0 Å². The summed E-state index contributed by atoms with van der Waals surface area (Å²) in [6.07, 6.45) is 9.02. The van der Waals surface area contributed by atoms with E-state index in [2.05, 4.69) is 32.2 Å². The number of hydrogen-bond acceptors (Lipinski definition) is 1. The Hall–Kier alpha value is -1.50. The lowest BCUT2D eigenvalue weighted by atomic mass is 10.0. The van der Waals surface area contributed by atoms with Gasteiger partial charge in [0.1, 0.15) is 11.2 Å². The third kappa shape index (κ3) is 2.19. The van der Waals surface area contributed by atoms with Crippen LogP contribution in [0.2, 0.25) is 0 Å². The van der Waals surface area contributed by atoms with Crippen LogP contribution < -0.4 is 10.6 Å². The quantitative estimate of drug-likeness (QED) is 0.740. The second-order valence-corrected chi connectivity index (χ2v) is 3.65. The standard InChI is InChI=1S/C13H14O.C2H6/c1-4-10-11-7-6-9(3)8-13(11)14-12(10)5-2;1-2/h4-5,7-9H,1-2,6H2,3H3;1-2H3. The summed E-state index contributed by atoms with van der Waals surface area (Å²) in [5.74, 6) is 1.38. The minimum atomic E-state index is 0.559. The molecule has 0 spiro atoms. The lowest BCUT2D eigenvalue weighted by Gasteiger charge is -2.03. The highest BCUT2D eigenvalue weighted by Crippen LogP contribution is 2.11. The maximum absolute atomic E-state index is 5.67. The van der Waals surface area contributed by atoms with E-state index in [1.54, 1.807) is 6.08 Å². The molecule has 0 saturated carbocycles. The minimum absolute atomic E-state index is 0.559. The smallest absolute Gasteiger partial charge is 0.134 e. The van der Waals surface area contributed by atoms with Gasteiger partial charge in [0.05, 0.1) is 0 Å². The lowest BCUT2D eigenvalue weighted by Crippen LogP contribution is -2.26. The van der Waals surface area contributed by atoms with Crippen LogP contribution in [0.1, 0.15) is 38.5 Å². The molecule has 1 atom stereocenters. The van der Waals surface area contributed by atoms with Crippen LogP contribution >= 0.6 is 0 Å². The minimum Gasteiger partial charge on any atom is -0.456 e. The van der Waals surface area contributed by atoms with Crippen molar-refractivity contribution in [3.05, 3.63) is 35.1 Å². The van der Waals surface area contributed by atoms with Crippen LogP contribution in [0.25, 0.3) is 24.3 Å². The summed E-state index contributed by atoms with van der Waals surface area (Å²) in [7, 11) is 0. The number of furan rings is 1. The Morgan fingerprint density at radius 2 is 2.00 bits per heavy atom. The zero-order chi connectivity index (χ0) is 12.1. The Labute approximate surface area is 97.5 Å². The fourth-order valence-electron chi connectivity index (χ4n) is 1.82. The largest absolute Gasteiger partial charge is 0.456 e. The molecule has 1 unspecified atom stereocenters. The van der Waals surface area contributed by atoms with Gasteiger partial charge in [-0.2, -0.15) is 0 Å². The molecule has 0 aliphatic heterocycles. The van der Waals surface area contributed by atoms with E-state index in [4.69, 9.17) is 4.42 Å². The average Bonchev–Trinajstić information content (AvgIpc) is 2.68. The summed E-state index contributed by atoms with van der Waals surface area (Å²) < 4.78 is 5.67. The van der Waals surface area contributed by atoms with E-state index in [0.29, 0.717) is 5.92 Å². The number of hydrogen-bond donors (Lipinski definition) is 0. The van der Waals surface area contributed by atoms with E-state index in [0.717, 1.165) is 23.2 Å². The highest BCUT2D eigenvalue weighted by atomic mass is 16.3. The highest BCUT2D eigenvalue weighted by molar-refractivity contribution is 5.62. The second kappa shape index (κ2) is 5.55. The van der Waals surface area contributed by atoms with E-state index in [1.165, 1.54) is 5.22 Å². The molecule has 0 aromatic carbocycles. The normalized spacial score (nSPS) is 17.1. The summed E-state index contributed by atoms with van der Waals surface area (Å²) in [6, 6.07) is 0. The Kier molecular flexibility index (Phi) is 4.36. The molecule has 0 amide bonds. The van der Waals surface area contributed by atoms with Gasteiger partial charge in [-0.25, -0.2) is 0 Å². The average molecular weight is 216 g/mol. The molecule has 1 heterocycles. The van der Waals surface area contributed by atoms with Crippen molar-refractivity contribution >= 4 is 24.3 Å². The Balaban J connectivity index is 0.000000606. The van der Waals surface area contributed by atoms with Crippen molar-refractivity contribution in [1.82, 2.24) is 0 Å². The first-order valence-electron chi connectivity index (χ1n) is 5.86. The molecule has 1 heteroatoms. The lowest BCUT2D eigenvalue weighted by molar-refractivity contribution is 0.514. The van der Waals surface area contributed by atoms with Gasteiger partial charge < -0.3 is 4.42 Å². The molecule has 0 radical (unpaired) electrons.